The number of nitrogens with one attached hydrogen (secondary N) is 1. The van der Waals surface area contributed by atoms with Crippen molar-refractivity contribution in [3.63, 3.8) is 0 Å². The number of aliphatic hydroxyl groups excluding tert-OH is 1. The first-order valence-electron chi connectivity index (χ1n) is 12.9. The normalized spacial score (nSPS) is 18.1. The third-order valence-corrected chi connectivity index (χ3v) is 7.02. The first-order valence-corrected chi connectivity index (χ1v) is 13.7. The van der Waals surface area contributed by atoms with Crippen LogP contribution >= 0.6 is 15.9 Å². The van der Waals surface area contributed by atoms with E-state index in [0.29, 0.717) is 44.1 Å². The van der Waals surface area contributed by atoms with Crippen LogP contribution in [0, 0.1) is 0 Å². The molecule has 0 saturated heterocycles. The summed E-state index contributed by atoms with van der Waals surface area (Å²) in [5.74, 6) is 1.62. The van der Waals surface area contributed by atoms with E-state index in [9.17, 15) is 4.79 Å². The quantitative estimate of drug-likeness (QED) is 0.204. The number of benzene rings is 3. The molecule has 0 aliphatic carbocycles. The van der Waals surface area contributed by atoms with Crippen LogP contribution in [-0.2, 0) is 16.0 Å². The Morgan fingerprint density at radius 1 is 1.15 bits per heavy atom. The van der Waals surface area contributed by atoms with Gasteiger partial charge in [-0.1, -0.05) is 46.3 Å². The van der Waals surface area contributed by atoms with Crippen molar-refractivity contribution in [2.75, 3.05) is 26.9 Å². The Morgan fingerprint density at radius 3 is 2.62 bits per heavy atom. The highest BCUT2D eigenvalue weighted by atomic mass is 79.9. The summed E-state index contributed by atoms with van der Waals surface area (Å²) in [4.78, 5) is 18.8. The number of rotatable bonds is 13. The second-order valence-electron chi connectivity index (χ2n) is 9.19. The molecule has 2 atom stereocenters. The molecule has 3 aromatic carbocycles. The van der Waals surface area contributed by atoms with Crippen LogP contribution in [-0.4, -0.2) is 49.3 Å². The zero-order chi connectivity index (χ0) is 27.7. The molecule has 1 amide bonds. The van der Waals surface area contributed by atoms with Gasteiger partial charge in [-0.2, -0.15) is 0 Å². The highest BCUT2D eigenvalue weighted by Gasteiger charge is 2.52. The van der Waals surface area contributed by atoms with Crippen molar-refractivity contribution in [2.45, 2.75) is 30.9 Å². The first kappa shape index (κ1) is 28.4. The van der Waals surface area contributed by atoms with Crippen molar-refractivity contribution < 1.29 is 24.1 Å². The van der Waals surface area contributed by atoms with Crippen molar-refractivity contribution in [1.29, 1.82) is 0 Å². The van der Waals surface area contributed by atoms with Gasteiger partial charge in [0.15, 0.2) is 11.6 Å². The molecule has 4 rings (SSSR count). The largest absolute Gasteiger partial charge is 0.497 e. The summed E-state index contributed by atoms with van der Waals surface area (Å²) >= 11 is 3.49. The fourth-order valence-electron chi connectivity index (χ4n) is 4.47. The average Bonchev–Trinajstić information content (AvgIpc) is 3.35. The third-order valence-electron chi connectivity index (χ3n) is 6.49. The number of aliphatic imine (C=N–C) groups is 1. The summed E-state index contributed by atoms with van der Waals surface area (Å²) < 4.78 is 18.3. The number of ether oxygens (including phenoxy) is 3. The van der Waals surface area contributed by atoms with Crippen LogP contribution in [0.5, 0.6) is 11.5 Å². The first-order chi connectivity index (χ1) is 19.0. The lowest BCUT2D eigenvalue weighted by molar-refractivity contribution is -0.128. The van der Waals surface area contributed by atoms with E-state index in [1.54, 1.807) is 13.2 Å². The van der Waals surface area contributed by atoms with Gasteiger partial charge in [0, 0.05) is 36.0 Å². The summed E-state index contributed by atoms with van der Waals surface area (Å²) in [5.41, 5.74) is 1.41. The molecule has 7 nitrogen and oxygen atoms in total. The Hall–Kier alpha value is -3.62. The Labute approximate surface area is 237 Å². The summed E-state index contributed by atoms with van der Waals surface area (Å²) in [6.45, 7) is 4.86. The van der Waals surface area contributed by atoms with E-state index in [0.717, 1.165) is 26.9 Å². The van der Waals surface area contributed by atoms with Crippen LogP contribution in [0.15, 0.2) is 94.9 Å². The van der Waals surface area contributed by atoms with Crippen molar-refractivity contribution in [3.05, 3.63) is 107 Å². The predicted molar refractivity (Wildman–Crippen MR) is 155 cm³/mol. The fraction of sp³-hybridized carbons (Fsp3) is 0.290. The summed E-state index contributed by atoms with van der Waals surface area (Å²) in [5, 5.41) is 12.1. The van der Waals surface area contributed by atoms with E-state index in [-0.39, 0.29) is 12.5 Å². The van der Waals surface area contributed by atoms with E-state index >= 15 is 0 Å². The number of hydrogen-bond donors (Lipinski definition) is 2. The smallest absolute Gasteiger partial charge is 0.252 e. The van der Waals surface area contributed by atoms with Gasteiger partial charge >= 0.3 is 0 Å². The molecule has 8 heteroatoms. The van der Waals surface area contributed by atoms with Crippen molar-refractivity contribution in [1.82, 2.24) is 5.32 Å². The summed E-state index contributed by atoms with van der Waals surface area (Å²) in [7, 11) is 1.63. The predicted octanol–water partition coefficient (Wildman–Crippen LogP) is 5.41. The minimum Gasteiger partial charge on any atom is -0.497 e. The van der Waals surface area contributed by atoms with E-state index in [1.165, 1.54) is 0 Å². The third kappa shape index (κ3) is 6.88. The van der Waals surface area contributed by atoms with E-state index < -0.39 is 11.6 Å². The van der Waals surface area contributed by atoms with Gasteiger partial charge in [-0.3, -0.25) is 4.79 Å². The van der Waals surface area contributed by atoms with Gasteiger partial charge in [0.05, 0.1) is 13.7 Å². The van der Waals surface area contributed by atoms with Crippen LogP contribution in [0.3, 0.4) is 0 Å². The number of amides is 1. The Bertz CT molecular complexity index is 1290. The molecule has 0 aromatic heterocycles. The summed E-state index contributed by atoms with van der Waals surface area (Å²) in [6, 6.07) is 22.9. The maximum Gasteiger partial charge on any atom is 0.252 e. The van der Waals surface area contributed by atoms with E-state index in [2.05, 4.69) is 27.8 Å². The molecule has 2 N–H and O–H groups in total. The molecule has 0 bridgehead atoms. The van der Waals surface area contributed by atoms with Gasteiger partial charge in [-0.25, -0.2) is 4.99 Å². The lowest BCUT2D eigenvalue weighted by atomic mass is 9.84. The van der Waals surface area contributed by atoms with Crippen molar-refractivity contribution in [3.8, 4) is 11.5 Å². The molecule has 1 aliphatic rings. The van der Waals surface area contributed by atoms with Gasteiger partial charge in [0.1, 0.15) is 11.5 Å². The van der Waals surface area contributed by atoms with Crippen molar-refractivity contribution >= 4 is 27.7 Å². The lowest BCUT2D eigenvalue weighted by Gasteiger charge is -2.29. The Kier molecular flexibility index (Phi) is 9.79. The summed E-state index contributed by atoms with van der Waals surface area (Å²) in [6.07, 6.45) is 2.57. The maximum atomic E-state index is 13.9. The molecule has 39 heavy (non-hydrogen) atoms. The van der Waals surface area contributed by atoms with Crippen LogP contribution in [0.4, 0.5) is 0 Å². The Balaban J connectivity index is 1.60. The molecule has 0 spiro atoms. The monoisotopic (exact) mass is 592 g/mol. The van der Waals surface area contributed by atoms with Gasteiger partial charge in [0.2, 0.25) is 5.90 Å². The fourth-order valence-corrected chi connectivity index (χ4v) is 4.74. The molecule has 0 unspecified atom stereocenters. The van der Waals surface area contributed by atoms with Crippen molar-refractivity contribution in [2.24, 2.45) is 4.99 Å². The SMILES string of the molecule is C=CC[C@@]1(C(=O)NCCc2cccc(OC)c2)N=C(c2ccc(OCCCO)cc2)O[C@@H]1c1ccc(Br)cc1. The number of halogens is 1. The number of nitrogens with zero attached hydrogens (tertiary/aromatic N) is 1. The number of hydrogen-bond acceptors (Lipinski definition) is 6. The molecule has 1 heterocycles. The molecule has 204 valence electrons. The van der Waals surface area contributed by atoms with Crippen LogP contribution in [0.1, 0.15) is 35.6 Å². The molecule has 1 aliphatic heterocycles. The van der Waals surface area contributed by atoms with Crippen LogP contribution in [0.25, 0.3) is 0 Å². The van der Waals surface area contributed by atoms with E-state index in [4.69, 9.17) is 24.3 Å². The molecular formula is C31H33BrN2O5. The Morgan fingerprint density at radius 2 is 1.92 bits per heavy atom. The van der Waals surface area contributed by atoms with Crippen LogP contribution < -0.4 is 14.8 Å². The number of methoxy groups -OCH3 is 1. The van der Waals surface area contributed by atoms with Gasteiger partial charge in [-0.15, -0.1) is 6.58 Å². The van der Waals surface area contributed by atoms with Gasteiger partial charge in [0.25, 0.3) is 5.91 Å². The lowest BCUT2D eigenvalue weighted by Crippen LogP contribution is -2.48. The highest BCUT2D eigenvalue weighted by Crippen LogP contribution is 2.43. The second kappa shape index (κ2) is 13.4. The molecular weight excluding hydrogens is 560 g/mol. The van der Waals surface area contributed by atoms with Crippen LogP contribution in [0.2, 0.25) is 0 Å². The number of carbonyl (C=O) groups is 1. The minimum atomic E-state index is -1.23. The number of aliphatic hydroxyl groups is 1. The topological polar surface area (TPSA) is 89.4 Å². The second-order valence-corrected chi connectivity index (χ2v) is 10.1. The number of carbonyl (C=O) groups excluding carboxylic acids is 1. The molecule has 0 saturated carbocycles. The van der Waals surface area contributed by atoms with E-state index in [1.807, 2.05) is 72.8 Å². The molecule has 0 fully saturated rings. The zero-order valence-corrected chi connectivity index (χ0v) is 23.5. The molecule has 3 aromatic rings. The minimum absolute atomic E-state index is 0.0766. The highest BCUT2D eigenvalue weighted by molar-refractivity contribution is 9.10. The average molecular weight is 594 g/mol. The standard InChI is InChI=1S/C31H33BrN2O5/c1-3-17-31(30(36)33-18-16-22-6-4-7-27(21-22)37-2)28(23-8-12-25(32)13-9-23)39-29(34-31)24-10-14-26(15-11-24)38-20-5-19-35/h3-4,6-15,21,28,35H,1,5,16-20H2,2H3,(H,33,36)/t28-,31-/m1/s1. The molecule has 0 radical (unpaired) electrons. The zero-order valence-electron chi connectivity index (χ0n) is 21.9. The van der Waals surface area contributed by atoms with Gasteiger partial charge < -0.3 is 24.6 Å². The van der Waals surface area contributed by atoms with Gasteiger partial charge in [-0.05, 0) is 66.1 Å². The maximum absolute atomic E-state index is 13.9.